The van der Waals surface area contributed by atoms with Gasteiger partial charge in [0.2, 0.25) is 0 Å². The van der Waals surface area contributed by atoms with E-state index >= 15 is 8.78 Å². The molecule has 0 radical (unpaired) electrons. The number of hydrogen-bond acceptors (Lipinski definition) is 8. The van der Waals surface area contributed by atoms with E-state index < -0.39 is 23.9 Å². The first kappa shape index (κ1) is 28.5. The maximum Gasteiger partial charge on any atom is 0.298 e. The molecule has 0 bridgehead atoms. The number of fused-ring (bicyclic) bond motifs is 1. The average molecular weight is 574 g/mol. The van der Waals surface area contributed by atoms with Gasteiger partial charge in [0.05, 0.1) is 18.7 Å². The van der Waals surface area contributed by atoms with Crippen molar-refractivity contribution in [2.24, 2.45) is 0 Å². The molecule has 0 spiro atoms. The number of nitriles is 1. The molecule has 2 aliphatic rings. The largest absolute Gasteiger partial charge is 0.495 e. The van der Waals surface area contributed by atoms with Crippen LogP contribution in [0.25, 0.3) is 0 Å². The number of nitrogens with one attached hydrogen (secondary N) is 2. The van der Waals surface area contributed by atoms with Crippen molar-refractivity contribution in [1.82, 2.24) is 20.7 Å². The number of nitrogens with zero attached hydrogens (tertiary/aromatic N) is 5. The Kier molecular flexibility index (Phi) is 7.53. The van der Waals surface area contributed by atoms with E-state index in [4.69, 9.17) is 4.74 Å². The van der Waals surface area contributed by atoms with Crippen LogP contribution < -0.4 is 25.3 Å². The van der Waals surface area contributed by atoms with E-state index in [0.717, 1.165) is 0 Å². The van der Waals surface area contributed by atoms with Crippen LogP contribution in [0.15, 0.2) is 72.7 Å². The molecule has 1 saturated heterocycles. The van der Waals surface area contributed by atoms with Crippen LogP contribution in [0.4, 0.5) is 20.3 Å². The molecule has 2 atom stereocenters. The molecule has 1 aromatic heterocycles. The number of hydrazine groups is 1. The van der Waals surface area contributed by atoms with Crippen molar-refractivity contribution in [2.45, 2.75) is 24.9 Å². The summed E-state index contributed by atoms with van der Waals surface area (Å²) in [5, 5.41) is 13.9. The Bertz CT molecular complexity index is 1600. The molecule has 2 amide bonds. The summed E-state index contributed by atoms with van der Waals surface area (Å²) in [6.45, 7) is 2.03. The van der Waals surface area contributed by atoms with Crippen LogP contribution in [0.2, 0.25) is 0 Å². The first-order valence-electron chi connectivity index (χ1n) is 13.1. The highest BCUT2D eigenvalue weighted by Gasteiger charge is 2.45. The van der Waals surface area contributed by atoms with Gasteiger partial charge in [0.25, 0.3) is 17.7 Å². The van der Waals surface area contributed by atoms with Gasteiger partial charge in [-0.1, -0.05) is 12.1 Å². The van der Waals surface area contributed by atoms with Crippen molar-refractivity contribution >= 4 is 23.3 Å². The Balaban J connectivity index is 1.36. The summed E-state index contributed by atoms with van der Waals surface area (Å²) in [5.74, 6) is -3.30. The first-order chi connectivity index (χ1) is 20.0. The highest BCUT2D eigenvalue weighted by atomic mass is 19.3. The third-order valence-corrected chi connectivity index (χ3v) is 7.28. The van der Waals surface area contributed by atoms with E-state index in [0.29, 0.717) is 23.0 Å². The number of hydrogen-bond donors (Lipinski definition) is 2. The van der Waals surface area contributed by atoms with E-state index in [1.54, 1.807) is 43.2 Å². The number of allylic oxidation sites excluding steroid dienone is 1. The lowest BCUT2D eigenvalue weighted by atomic mass is 10.00. The molecular weight excluding hydrogens is 544 g/mol. The summed E-state index contributed by atoms with van der Waals surface area (Å²) in [6.07, 6.45) is 3.09. The van der Waals surface area contributed by atoms with E-state index in [9.17, 15) is 14.9 Å². The third-order valence-electron chi connectivity index (χ3n) is 7.28. The molecule has 10 nitrogen and oxygen atoms in total. The number of halogens is 2. The maximum absolute atomic E-state index is 15.4. The van der Waals surface area contributed by atoms with E-state index in [-0.39, 0.29) is 34.7 Å². The van der Waals surface area contributed by atoms with Gasteiger partial charge < -0.3 is 15.0 Å². The van der Waals surface area contributed by atoms with Gasteiger partial charge in [-0.15, -0.1) is 0 Å². The minimum absolute atomic E-state index is 0.191. The van der Waals surface area contributed by atoms with Crippen LogP contribution in [0.1, 0.15) is 34.0 Å². The van der Waals surface area contributed by atoms with Crippen LogP contribution in [0, 0.1) is 11.3 Å². The van der Waals surface area contributed by atoms with Crippen LogP contribution >= 0.6 is 0 Å². The van der Waals surface area contributed by atoms with Gasteiger partial charge in [0.1, 0.15) is 23.7 Å². The smallest absolute Gasteiger partial charge is 0.298 e. The summed E-state index contributed by atoms with van der Waals surface area (Å²) in [5.41, 5.74) is 4.16. The predicted octanol–water partition coefficient (Wildman–Crippen LogP) is 3.36. The van der Waals surface area contributed by atoms with Crippen molar-refractivity contribution in [3.05, 3.63) is 94.9 Å². The monoisotopic (exact) mass is 573 g/mol. The number of anilines is 2. The SMILES string of the molecule is COc1ccc(C(=O)N[C@H]2CNN3C=C(C)N(c4ccc(C(F)(F)c5ccnc(N(C)C)c5)cc4)C(=O)C23)cc1C#N. The Morgan fingerprint density at radius 3 is 2.57 bits per heavy atom. The van der Waals surface area contributed by atoms with Crippen LogP contribution in [0.5, 0.6) is 5.75 Å². The van der Waals surface area contributed by atoms with Gasteiger partial charge in [-0.3, -0.25) is 19.5 Å². The van der Waals surface area contributed by atoms with Crippen molar-refractivity contribution in [3.8, 4) is 11.8 Å². The van der Waals surface area contributed by atoms with Crippen molar-refractivity contribution < 1.29 is 23.1 Å². The molecule has 3 aromatic rings. The lowest BCUT2D eigenvalue weighted by molar-refractivity contribution is -0.123. The number of amides is 2. The number of aromatic nitrogens is 1. The molecule has 1 unspecified atom stereocenters. The van der Waals surface area contributed by atoms with Crippen molar-refractivity contribution in [3.63, 3.8) is 0 Å². The predicted molar refractivity (Wildman–Crippen MR) is 152 cm³/mol. The fourth-order valence-electron chi connectivity index (χ4n) is 5.08. The van der Waals surface area contributed by atoms with Crippen molar-refractivity contribution in [1.29, 1.82) is 5.26 Å². The van der Waals surface area contributed by atoms with Crippen molar-refractivity contribution in [2.75, 3.05) is 37.5 Å². The molecule has 12 heteroatoms. The molecule has 2 aliphatic heterocycles. The highest BCUT2D eigenvalue weighted by Crippen LogP contribution is 2.38. The quantitative estimate of drug-likeness (QED) is 0.443. The summed E-state index contributed by atoms with van der Waals surface area (Å²) in [6, 6.07) is 13.3. The number of pyridine rings is 1. The standard InChI is InChI=1S/C30H29F2N7O3/c1-18-17-38-27(24(16-35-38)36-28(40)19-5-10-25(42-4)20(13-19)15-33)29(41)39(18)23-8-6-21(7-9-23)30(31,32)22-11-12-34-26(14-22)37(2)3/h5-14,17,24,27,35H,16H2,1-4H3,(H,36,40)/t24-,27?/m0/s1. The zero-order valence-electron chi connectivity index (χ0n) is 23.4. The molecule has 2 N–H and O–H groups in total. The second kappa shape index (κ2) is 11.1. The highest BCUT2D eigenvalue weighted by molar-refractivity contribution is 6.02. The normalized spacial score (nSPS) is 18.2. The Hall–Kier alpha value is -5.02. The topological polar surface area (TPSA) is 114 Å². The molecule has 216 valence electrons. The lowest BCUT2D eigenvalue weighted by Crippen LogP contribution is -2.56. The fourth-order valence-corrected chi connectivity index (χ4v) is 5.08. The van der Waals surface area contributed by atoms with E-state index in [1.807, 2.05) is 6.07 Å². The second-order valence-electron chi connectivity index (χ2n) is 10.2. The van der Waals surface area contributed by atoms with E-state index in [1.165, 1.54) is 66.7 Å². The first-order valence-corrected chi connectivity index (χ1v) is 13.1. The number of carbonyl (C=O) groups is 2. The number of carbonyl (C=O) groups excluding carboxylic acids is 2. The molecule has 5 rings (SSSR count). The average Bonchev–Trinajstić information content (AvgIpc) is 3.39. The summed E-state index contributed by atoms with van der Waals surface area (Å²) < 4.78 is 36.0. The van der Waals surface area contributed by atoms with Gasteiger partial charge >= 0.3 is 0 Å². The minimum Gasteiger partial charge on any atom is -0.495 e. The zero-order chi connectivity index (χ0) is 30.2. The molecule has 1 fully saturated rings. The summed E-state index contributed by atoms with van der Waals surface area (Å²) >= 11 is 0. The number of methoxy groups -OCH3 is 1. The number of ether oxygens (including phenoxy) is 1. The molecule has 42 heavy (non-hydrogen) atoms. The Morgan fingerprint density at radius 2 is 1.90 bits per heavy atom. The number of rotatable bonds is 7. The molecule has 2 aromatic carbocycles. The Labute approximate surface area is 241 Å². The fraction of sp³-hybridized carbons (Fsp3) is 0.267. The summed E-state index contributed by atoms with van der Waals surface area (Å²) in [4.78, 5) is 34.0. The second-order valence-corrected chi connectivity index (χ2v) is 10.2. The van der Waals surface area contributed by atoms with Gasteiger partial charge in [-0.05, 0) is 49.4 Å². The maximum atomic E-state index is 15.4. The molecule has 3 heterocycles. The molecule has 0 saturated carbocycles. The summed E-state index contributed by atoms with van der Waals surface area (Å²) in [7, 11) is 4.89. The molecular formula is C30H29F2N7O3. The van der Waals surface area contributed by atoms with Gasteiger partial charge in [0, 0.05) is 61.1 Å². The van der Waals surface area contributed by atoms with Crippen LogP contribution in [-0.4, -0.2) is 61.6 Å². The molecule has 0 aliphatic carbocycles. The van der Waals surface area contributed by atoms with E-state index in [2.05, 4.69) is 15.7 Å². The zero-order valence-corrected chi connectivity index (χ0v) is 23.4. The minimum atomic E-state index is -3.28. The van der Waals surface area contributed by atoms with Crippen LogP contribution in [0.3, 0.4) is 0 Å². The number of alkyl halides is 2. The third kappa shape index (κ3) is 5.10. The van der Waals surface area contributed by atoms with Gasteiger partial charge in [-0.25, -0.2) is 10.4 Å². The number of benzene rings is 2. The Morgan fingerprint density at radius 1 is 1.17 bits per heavy atom. The lowest BCUT2D eigenvalue weighted by Gasteiger charge is -2.37. The van der Waals surface area contributed by atoms with Crippen LogP contribution in [-0.2, 0) is 10.7 Å². The van der Waals surface area contributed by atoms with Gasteiger partial charge in [0.15, 0.2) is 0 Å². The van der Waals surface area contributed by atoms with Gasteiger partial charge in [-0.2, -0.15) is 14.0 Å².